The molecule has 0 aliphatic rings. The molecule has 0 amide bonds. The van der Waals surface area contributed by atoms with E-state index in [2.05, 4.69) is 9.44 Å². The highest BCUT2D eigenvalue weighted by Gasteiger charge is 2.08. The minimum absolute atomic E-state index is 0.165. The van der Waals surface area contributed by atoms with Gasteiger partial charge in [0.2, 0.25) is 0 Å². The summed E-state index contributed by atoms with van der Waals surface area (Å²) in [7, 11) is -2.03. The van der Waals surface area contributed by atoms with E-state index < -0.39 is 10.2 Å². The molecule has 0 bridgehead atoms. The predicted octanol–water partition coefficient (Wildman–Crippen LogP) is -0.109. The molecule has 0 spiro atoms. The Morgan fingerprint density at radius 3 is 2.79 bits per heavy atom. The highest BCUT2D eigenvalue weighted by Crippen LogP contribution is 2.05. The average Bonchev–Trinajstić information content (AvgIpc) is 2.37. The van der Waals surface area contributed by atoms with E-state index in [4.69, 9.17) is 22.7 Å². The van der Waals surface area contributed by atoms with Crippen molar-refractivity contribution in [3.63, 3.8) is 0 Å². The quantitative estimate of drug-likeness (QED) is 0.460. The lowest BCUT2D eigenvalue weighted by molar-refractivity contribution is 0.204. The summed E-state index contributed by atoms with van der Waals surface area (Å²) in [5.41, 5.74) is 7.00. The van der Waals surface area contributed by atoms with Gasteiger partial charge in [-0.25, -0.2) is 0 Å². The van der Waals surface area contributed by atoms with Crippen LogP contribution in [0.5, 0.6) is 0 Å². The van der Waals surface area contributed by atoms with Crippen LogP contribution in [-0.4, -0.2) is 33.7 Å². The van der Waals surface area contributed by atoms with Crippen molar-refractivity contribution in [2.24, 2.45) is 5.73 Å². The summed E-state index contributed by atoms with van der Waals surface area (Å²) in [6.07, 6.45) is 0. The number of nitrogens with one attached hydrogen (secondary N) is 2. The average molecular weight is 303 g/mol. The van der Waals surface area contributed by atoms with Crippen LogP contribution in [0.2, 0.25) is 0 Å². The molecular formula is C11H17N3O3S2. The number of nitrogens with two attached hydrogens (primary N) is 1. The standard InChI is InChI=1S/C11H17N3O3S2/c1-17-6-5-13-19(15,16)14-8-9-3-2-4-10(7-9)11(12)18/h2-4,7,13-14H,5-6,8H2,1H3,(H2,12,18). The van der Waals surface area contributed by atoms with Gasteiger partial charge in [0, 0.05) is 25.8 Å². The van der Waals surface area contributed by atoms with Crippen molar-refractivity contribution < 1.29 is 13.2 Å². The van der Waals surface area contributed by atoms with Crippen molar-refractivity contribution in [1.82, 2.24) is 9.44 Å². The second kappa shape index (κ2) is 7.51. The normalized spacial score (nSPS) is 11.4. The van der Waals surface area contributed by atoms with Crippen molar-refractivity contribution in [2.75, 3.05) is 20.3 Å². The molecule has 106 valence electrons. The molecule has 0 aliphatic heterocycles. The van der Waals surface area contributed by atoms with E-state index >= 15 is 0 Å². The van der Waals surface area contributed by atoms with Gasteiger partial charge in [-0.3, -0.25) is 0 Å². The molecule has 0 saturated carbocycles. The summed E-state index contributed by atoms with van der Waals surface area (Å²) >= 11 is 4.86. The number of methoxy groups -OCH3 is 1. The van der Waals surface area contributed by atoms with Gasteiger partial charge >= 0.3 is 0 Å². The Morgan fingerprint density at radius 1 is 1.42 bits per heavy atom. The third-order valence-corrected chi connectivity index (χ3v) is 3.62. The first-order chi connectivity index (χ1) is 8.94. The topological polar surface area (TPSA) is 93.4 Å². The molecule has 0 aromatic heterocycles. The third kappa shape index (κ3) is 6.08. The molecular weight excluding hydrogens is 286 g/mol. The maximum absolute atomic E-state index is 11.6. The monoisotopic (exact) mass is 303 g/mol. The van der Waals surface area contributed by atoms with Crippen LogP contribution in [0.25, 0.3) is 0 Å². The minimum atomic E-state index is -3.53. The molecule has 19 heavy (non-hydrogen) atoms. The van der Waals surface area contributed by atoms with E-state index in [0.29, 0.717) is 12.2 Å². The summed E-state index contributed by atoms with van der Waals surface area (Å²) in [5.74, 6) is 0. The van der Waals surface area contributed by atoms with E-state index in [-0.39, 0.29) is 18.1 Å². The Labute approximate surface area is 118 Å². The van der Waals surface area contributed by atoms with E-state index in [1.54, 1.807) is 24.3 Å². The van der Waals surface area contributed by atoms with E-state index in [9.17, 15) is 8.42 Å². The van der Waals surface area contributed by atoms with Gasteiger partial charge in [-0.05, 0) is 11.6 Å². The number of hydrogen-bond donors (Lipinski definition) is 3. The van der Waals surface area contributed by atoms with Crippen LogP contribution in [0.4, 0.5) is 0 Å². The van der Waals surface area contributed by atoms with Crippen LogP contribution < -0.4 is 15.2 Å². The molecule has 0 fully saturated rings. The molecule has 1 rings (SSSR count). The van der Waals surface area contributed by atoms with Gasteiger partial charge in [-0.2, -0.15) is 17.9 Å². The molecule has 0 aliphatic carbocycles. The number of benzene rings is 1. The summed E-state index contributed by atoms with van der Waals surface area (Å²) in [5, 5.41) is 0. The number of hydrogen-bond acceptors (Lipinski definition) is 4. The predicted molar refractivity (Wildman–Crippen MR) is 78.0 cm³/mol. The summed E-state index contributed by atoms with van der Waals surface area (Å²) in [6, 6.07) is 7.09. The molecule has 1 aromatic rings. The minimum Gasteiger partial charge on any atom is -0.389 e. The van der Waals surface area contributed by atoms with Gasteiger partial charge in [-0.15, -0.1) is 0 Å². The summed E-state index contributed by atoms with van der Waals surface area (Å²) < 4.78 is 32.7. The van der Waals surface area contributed by atoms with Gasteiger partial charge < -0.3 is 10.5 Å². The molecule has 0 heterocycles. The lowest BCUT2D eigenvalue weighted by Gasteiger charge is -2.08. The van der Waals surface area contributed by atoms with Crippen LogP contribution in [0.1, 0.15) is 11.1 Å². The maximum atomic E-state index is 11.6. The Hall–Kier alpha value is -1.06. The van der Waals surface area contributed by atoms with Crippen LogP contribution >= 0.6 is 12.2 Å². The zero-order chi connectivity index (χ0) is 14.3. The van der Waals surface area contributed by atoms with Gasteiger partial charge in [0.05, 0.1) is 6.61 Å². The fourth-order valence-corrected chi connectivity index (χ4v) is 2.28. The zero-order valence-corrected chi connectivity index (χ0v) is 12.2. The Bertz CT molecular complexity index is 532. The molecule has 6 nitrogen and oxygen atoms in total. The van der Waals surface area contributed by atoms with Crippen molar-refractivity contribution >= 4 is 27.4 Å². The second-order valence-corrected chi connectivity index (χ2v) is 5.80. The number of thiocarbonyl (C=S) groups is 1. The second-order valence-electron chi connectivity index (χ2n) is 3.78. The molecule has 0 atom stereocenters. The number of rotatable bonds is 8. The van der Waals surface area contributed by atoms with Crippen LogP contribution in [-0.2, 0) is 21.5 Å². The van der Waals surface area contributed by atoms with Crippen molar-refractivity contribution in [2.45, 2.75) is 6.54 Å². The molecule has 1 aromatic carbocycles. The van der Waals surface area contributed by atoms with Gasteiger partial charge in [0.25, 0.3) is 10.2 Å². The first kappa shape index (κ1) is 16.0. The van der Waals surface area contributed by atoms with Gasteiger partial charge in [0.15, 0.2) is 0 Å². The Balaban J connectivity index is 2.56. The Morgan fingerprint density at radius 2 is 2.16 bits per heavy atom. The van der Waals surface area contributed by atoms with Gasteiger partial charge in [0.1, 0.15) is 4.99 Å². The van der Waals surface area contributed by atoms with Crippen LogP contribution in [0, 0.1) is 0 Å². The first-order valence-electron chi connectivity index (χ1n) is 5.56. The zero-order valence-electron chi connectivity index (χ0n) is 10.5. The van der Waals surface area contributed by atoms with Crippen molar-refractivity contribution in [3.05, 3.63) is 35.4 Å². The largest absolute Gasteiger partial charge is 0.389 e. The fraction of sp³-hybridized carbons (Fsp3) is 0.364. The summed E-state index contributed by atoms with van der Waals surface area (Å²) in [4.78, 5) is 0.280. The van der Waals surface area contributed by atoms with E-state index in [0.717, 1.165) is 5.56 Å². The van der Waals surface area contributed by atoms with Gasteiger partial charge in [-0.1, -0.05) is 30.4 Å². The van der Waals surface area contributed by atoms with Crippen LogP contribution in [0.15, 0.2) is 24.3 Å². The molecule has 0 unspecified atom stereocenters. The lowest BCUT2D eigenvalue weighted by atomic mass is 10.1. The highest BCUT2D eigenvalue weighted by molar-refractivity contribution is 7.87. The highest BCUT2D eigenvalue weighted by atomic mass is 32.2. The maximum Gasteiger partial charge on any atom is 0.277 e. The smallest absolute Gasteiger partial charge is 0.277 e. The fourth-order valence-electron chi connectivity index (χ4n) is 1.34. The third-order valence-electron chi connectivity index (χ3n) is 2.28. The first-order valence-corrected chi connectivity index (χ1v) is 7.45. The van der Waals surface area contributed by atoms with E-state index in [1.165, 1.54) is 7.11 Å². The van der Waals surface area contributed by atoms with Crippen LogP contribution in [0.3, 0.4) is 0 Å². The SMILES string of the molecule is COCCNS(=O)(=O)NCc1cccc(C(N)=S)c1. The van der Waals surface area contributed by atoms with Crippen molar-refractivity contribution in [1.29, 1.82) is 0 Å². The molecule has 0 radical (unpaired) electrons. The molecule has 4 N–H and O–H groups in total. The van der Waals surface area contributed by atoms with Crippen molar-refractivity contribution in [3.8, 4) is 0 Å². The lowest BCUT2D eigenvalue weighted by Crippen LogP contribution is -2.37. The molecule has 8 heteroatoms. The summed E-state index contributed by atoms with van der Waals surface area (Å²) in [6.45, 7) is 0.704. The molecule has 0 saturated heterocycles. The van der Waals surface area contributed by atoms with E-state index in [1.807, 2.05) is 0 Å². The Kier molecular flexibility index (Phi) is 6.32. The number of ether oxygens (including phenoxy) is 1.